The molecular formula is C21H37N3O2S. The van der Waals surface area contributed by atoms with Crippen LogP contribution in [0.3, 0.4) is 0 Å². The first kappa shape index (κ1) is 23.6. The van der Waals surface area contributed by atoms with Gasteiger partial charge in [0.25, 0.3) is 0 Å². The lowest BCUT2D eigenvalue weighted by Gasteiger charge is -2.20. The molecule has 0 spiro atoms. The smallest absolute Gasteiger partial charge is 0.245 e. The second kappa shape index (κ2) is 13.7. The van der Waals surface area contributed by atoms with Crippen molar-refractivity contribution < 1.29 is 9.59 Å². The number of rotatable bonds is 14. The second-order valence-corrected chi connectivity index (χ2v) is 8.40. The first-order valence-corrected chi connectivity index (χ1v) is 11.3. The van der Waals surface area contributed by atoms with Crippen molar-refractivity contribution >= 4 is 28.3 Å². The molecule has 154 valence electrons. The Morgan fingerprint density at radius 1 is 0.963 bits per heavy atom. The standard InChI is InChI=1S/C21H37N3O2S/c1-5-7-8-9-10-11-12-13-14-15-20(26)24(6-2)16-19(25)23-21-22-17(3)18(4)27-21/h5-16H2,1-4H3,(H,22,23,25). The van der Waals surface area contributed by atoms with Crippen LogP contribution >= 0.6 is 11.3 Å². The maximum atomic E-state index is 12.4. The van der Waals surface area contributed by atoms with Gasteiger partial charge < -0.3 is 10.2 Å². The van der Waals surface area contributed by atoms with Crippen LogP contribution in [0.2, 0.25) is 0 Å². The van der Waals surface area contributed by atoms with E-state index < -0.39 is 0 Å². The minimum absolute atomic E-state index is 0.0714. The molecule has 0 bridgehead atoms. The molecule has 0 aliphatic rings. The number of carbonyl (C=O) groups is 2. The van der Waals surface area contributed by atoms with Gasteiger partial charge in [-0.3, -0.25) is 9.59 Å². The Bertz CT molecular complexity index is 552. The predicted octanol–water partition coefficient (Wildman–Crippen LogP) is 5.47. The molecule has 27 heavy (non-hydrogen) atoms. The number of aromatic nitrogens is 1. The SMILES string of the molecule is CCCCCCCCCCCC(=O)N(CC)CC(=O)Nc1nc(C)c(C)s1. The summed E-state index contributed by atoms with van der Waals surface area (Å²) in [5.41, 5.74) is 0.934. The van der Waals surface area contributed by atoms with Gasteiger partial charge in [-0.25, -0.2) is 4.98 Å². The largest absolute Gasteiger partial charge is 0.334 e. The van der Waals surface area contributed by atoms with Crippen LogP contribution in [0.5, 0.6) is 0 Å². The molecule has 0 saturated heterocycles. The van der Waals surface area contributed by atoms with E-state index in [1.54, 1.807) is 4.90 Å². The summed E-state index contributed by atoms with van der Waals surface area (Å²) in [5.74, 6) is -0.104. The highest BCUT2D eigenvalue weighted by Gasteiger charge is 2.16. The van der Waals surface area contributed by atoms with E-state index >= 15 is 0 Å². The van der Waals surface area contributed by atoms with E-state index in [-0.39, 0.29) is 18.4 Å². The van der Waals surface area contributed by atoms with E-state index in [0.717, 1.165) is 23.4 Å². The quantitative estimate of drug-likeness (QED) is 0.425. The van der Waals surface area contributed by atoms with Crippen LogP contribution in [0.15, 0.2) is 0 Å². The summed E-state index contributed by atoms with van der Waals surface area (Å²) < 4.78 is 0. The molecule has 5 nitrogen and oxygen atoms in total. The van der Waals surface area contributed by atoms with Gasteiger partial charge in [-0.2, -0.15) is 0 Å². The first-order chi connectivity index (χ1) is 13.0. The number of hydrogen-bond acceptors (Lipinski definition) is 4. The normalized spacial score (nSPS) is 10.8. The topological polar surface area (TPSA) is 62.3 Å². The van der Waals surface area contributed by atoms with Gasteiger partial charge in [0.2, 0.25) is 11.8 Å². The molecule has 1 rings (SSSR count). The molecule has 0 radical (unpaired) electrons. The summed E-state index contributed by atoms with van der Waals surface area (Å²) in [5, 5.41) is 3.41. The van der Waals surface area contributed by atoms with Gasteiger partial charge >= 0.3 is 0 Å². The van der Waals surface area contributed by atoms with Crippen LogP contribution in [-0.4, -0.2) is 34.8 Å². The molecule has 0 aliphatic carbocycles. The Kier molecular flexibility index (Phi) is 12.0. The second-order valence-electron chi connectivity index (χ2n) is 7.20. The summed E-state index contributed by atoms with van der Waals surface area (Å²) in [6, 6.07) is 0. The summed E-state index contributed by atoms with van der Waals surface area (Å²) in [6.45, 7) is 8.72. The van der Waals surface area contributed by atoms with Crippen LogP contribution < -0.4 is 5.32 Å². The molecule has 1 heterocycles. The fourth-order valence-electron chi connectivity index (χ4n) is 2.98. The minimum Gasteiger partial charge on any atom is -0.334 e. The van der Waals surface area contributed by atoms with E-state index in [2.05, 4.69) is 17.2 Å². The van der Waals surface area contributed by atoms with Crippen LogP contribution in [0.25, 0.3) is 0 Å². The molecule has 0 unspecified atom stereocenters. The van der Waals surface area contributed by atoms with Gasteiger partial charge in [0.05, 0.1) is 12.2 Å². The van der Waals surface area contributed by atoms with Crippen molar-refractivity contribution in [1.82, 2.24) is 9.88 Å². The molecule has 0 saturated carbocycles. The van der Waals surface area contributed by atoms with Crippen LogP contribution in [0.4, 0.5) is 5.13 Å². The molecule has 0 fully saturated rings. The molecule has 1 N–H and O–H groups in total. The monoisotopic (exact) mass is 395 g/mol. The number of amides is 2. The van der Waals surface area contributed by atoms with Crippen molar-refractivity contribution in [3.8, 4) is 0 Å². The number of unbranched alkanes of at least 4 members (excludes halogenated alkanes) is 8. The molecule has 0 aliphatic heterocycles. The highest BCUT2D eigenvalue weighted by atomic mass is 32.1. The van der Waals surface area contributed by atoms with Crippen molar-refractivity contribution in [2.24, 2.45) is 0 Å². The first-order valence-electron chi connectivity index (χ1n) is 10.5. The zero-order chi connectivity index (χ0) is 20.1. The zero-order valence-electron chi connectivity index (χ0n) is 17.6. The van der Waals surface area contributed by atoms with Crippen LogP contribution in [0.1, 0.15) is 88.6 Å². The Balaban J connectivity index is 2.20. The van der Waals surface area contributed by atoms with Crippen molar-refractivity contribution in [1.29, 1.82) is 0 Å². The fourth-order valence-corrected chi connectivity index (χ4v) is 3.81. The number of likely N-dealkylation sites (N-methyl/N-ethyl adjacent to an activating group) is 1. The molecular weight excluding hydrogens is 358 g/mol. The molecule has 6 heteroatoms. The van der Waals surface area contributed by atoms with Gasteiger partial charge in [-0.1, -0.05) is 58.3 Å². The molecule has 2 amide bonds. The van der Waals surface area contributed by atoms with Crippen molar-refractivity contribution in [2.45, 2.75) is 91.9 Å². The zero-order valence-corrected chi connectivity index (χ0v) is 18.4. The number of hydrogen-bond donors (Lipinski definition) is 1. The fraction of sp³-hybridized carbons (Fsp3) is 0.762. The Labute approximate surface area is 168 Å². The van der Waals surface area contributed by atoms with Gasteiger partial charge in [-0.05, 0) is 27.2 Å². The summed E-state index contributed by atoms with van der Waals surface area (Å²) in [6.07, 6.45) is 11.6. The molecule has 1 aromatic rings. The third-order valence-corrected chi connectivity index (χ3v) is 5.83. The number of nitrogens with one attached hydrogen (secondary N) is 1. The maximum absolute atomic E-state index is 12.4. The number of aryl methyl sites for hydroxylation is 2. The van der Waals surface area contributed by atoms with Crippen molar-refractivity contribution in [3.63, 3.8) is 0 Å². The van der Waals surface area contributed by atoms with Crippen LogP contribution in [0, 0.1) is 13.8 Å². The highest BCUT2D eigenvalue weighted by molar-refractivity contribution is 7.15. The average molecular weight is 396 g/mol. The lowest BCUT2D eigenvalue weighted by molar-refractivity contribution is -0.134. The number of carbonyl (C=O) groups excluding carboxylic acids is 2. The Morgan fingerprint density at radius 2 is 1.56 bits per heavy atom. The van der Waals surface area contributed by atoms with Crippen LogP contribution in [-0.2, 0) is 9.59 Å². The van der Waals surface area contributed by atoms with Crippen molar-refractivity contribution in [3.05, 3.63) is 10.6 Å². The summed E-state index contributed by atoms with van der Waals surface area (Å²) >= 11 is 1.47. The number of thiazole rings is 1. The summed E-state index contributed by atoms with van der Waals surface area (Å²) in [4.78, 5) is 31.6. The van der Waals surface area contributed by atoms with Gasteiger partial charge in [0.1, 0.15) is 0 Å². The van der Waals surface area contributed by atoms with E-state index in [1.807, 2.05) is 20.8 Å². The lowest BCUT2D eigenvalue weighted by Crippen LogP contribution is -2.37. The number of nitrogens with zero attached hydrogens (tertiary/aromatic N) is 2. The van der Waals surface area contributed by atoms with Gasteiger partial charge in [0, 0.05) is 17.8 Å². The molecule has 1 aromatic heterocycles. The average Bonchev–Trinajstić information content (AvgIpc) is 2.95. The van der Waals surface area contributed by atoms with Gasteiger partial charge in [0.15, 0.2) is 5.13 Å². The maximum Gasteiger partial charge on any atom is 0.245 e. The summed E-state index contributed by atoms with van der Waals surface area (Å²) in [7, 11) is 0. The number of anilines is 1. The van der Waals surface area contributed by atoms with Gasteiger partial charge in [-0.15, -0.1) is 11.3 Å². The van der Waals surface area contributed by atoms with E-state index in [4.69, 9.17) is 0 Å². The van der Waals surface area contributed by atoms with E-state index in [0.29, 0.717) is 18.1 Å². The molecule has 0 atom stereocenters. The Morgan fingerprint density at radius 3 is 2.07 bits per heavy atom. The predicted molar refractivity (Wildman–Crippen MR) is 114 cm³/mol. The Hall–Kier alpha value is -1.43. The highest BCUT2D eigenvalue weighted by Crippen LogP contribution is 2.21. The molecule has 0 aromatic carbocycles. The van der Waals surface area contributed by atoms with Crippen molar-refractivity contribution in [2.75, 3.05) is 18.4 Å². The minimum atomic E-state index is -0.175. The third kappa shape index (κ3) is 9.89. The van der Waals surface area contributed by atoms with E-state index in [1.165, 1.54) is 56.3 Å². The van der Waals surface area contributed by atoms with E-state index in [9.17, 15) is 9.59 Å². The lowest BCUT2D eigenvalue weighted by atomic mass is 10.1. The third-order valence-electron chi connectivity index (χ3n) is 4.84.